The van der Waals surface area contributed by atoms with Gasteiger partial charge in [0.05, 0.1) is 6.61 Å². The molecule has 0 radical (unpaired) electrons. The van der Waals surface area contributed by atoms with Crippen LogP contribution in [-0.2, 0) is 14.3 Å². The molecule has 6 N–H and O–H groups in total. The summed E-state index contributed by atoms with van der Waals surface area (Å²) in [6, 6.07) is 16.2. The maximum absolute atomic E-state index is 13.6. The molecule has 0 aliphatic carbocycles. The monoisotopic (exact) mass is 578 g/mol. The summed E-state index contributed by atoms with van der Waals surface area (Å²) in [5, 5.41) is 60.9. The van der Waals surface area contributed by atoms with Crippen LogP contribution in [0.1, 0.15) is 5.56 Å². The Morgan fingerprint density at radius 3 is 2.33 bits per heavy atom. The summed E-state index contributed by atoms with van der Waals surface area (Å²) in [6.07, 6.45) is -5.92. The van der Waals surface area contributed by atoms with Gasteiger partial charge in [-0.15, -0.1) is 0 Å². The van der Waals surface area contributed by atoms with Crippen LogP contribution in [0.15, 0.2) is 82.0 Å². The second-order valence-corrected chi connectivity index (χ2v) is 9.44. The van der Waals surface area contributed by atoms with Crippen LogP contribution in [0.5, 0.6) is 23.0 Å². The summed E-state index contributed by atoms with van der Waals surface area (Å²) in [5.74, 6) is -2.50. The lowest BCUT2D eigenvalue weighted by atomic mass is 9.99. The molecule has 5 rings (SSSR count). The number of phenols is 3. The Bertz CT molecular complexity index is 1660. The number of ether oxygens (including phenoxy) is 3. The molecule has 3 aromatic carbocycles. The van der Waals surface area contributed by atoms with Crippen LogP contribution in [0.4, 0.5) is 0 Å². The summed E-state index contributed by atoms with van der Waals surface area (Å²) >= 11 is 0. The Labute approximate surface area is 237 Å². The Hall–Kier alpha value is -4.88. The summed E-state index contributed by atoms with van der Waals surface area (Å²) in [5.41, 5.74) is -0.105. The van der Waals surface area contributed by atoms with Crippen LogP contribution in [0.3, 0.4) is 0 Å². The number of carbonyl (C=O) groups is 1. The van der Waals surface area contributed by atoms with Crippen molar-refractivity contribution in [3.05, 3.63) is 88.6 Å². The van der Waals surface area contributed by atoms with Gasteiger partial charge in [0.15, 0.2) is 18.0 Å². The fourth-order valence-electron chi connectivity index (χ4n) is 4.48. The molecule has 4 aromatic rings. The normalized spacial score (nSPS) is 22.3. The van der Waals surface area contributed by atoms with E-state index >= 15 is 0 Å². The molecule has 1 saturated heterocycles. The minimum atomic E-state index is -1.86. The lowest BCUT2D eigenvalue weighted by Gasteiger charge is -2.41. The number of aliphatic hydroxyl groups is 3. The molecule has 218 valence electrons. The van der Waals surface area contributed by atoms with Crippen LogP contribution in [0.2, 0.25) is 0 Å². The summed E-state index contributed by atoms with van der Waals surface area (Å²) < 4.78 is 22.5. The first-order valence-electron chi connectivity index (χ1n) is 12.7. The van der Waals surface area contributed by atoms with Crippen molar-refractivity contribution < 1.29 is 54.1 Å². The third-order valence-electron chi connectivity index (χ3n) is 6.57. The predicted molar refractivity (Wildman–Crippen MR) is 147 cm³/mol. The largest absolute Gasteiger partial charge is 0.508 e. The molecular weight excluding hydrogens is 552 g/mol. The molecule has 0 spiro atoms. The highest BCUT2D eigenvalue weighted by Crippen LogP contribution is 2.37. The van der Waals surface area contributed by atoms with Gasteiger partial charge in [-0.3, -0.25) is 4.79 Å². The van der Waals surface area contributed by atoms with E-state index in [9.17, 15) is 40.2 Å². The lowest BCUT2D eigenvalue weighted by Crippen LogP contribution is -2.61. The molecular formula is C30H26O12. The van der Waals surface area contributed by atoms with Gasteiger partial charge >= 0.3 is 5.97 Å². The molecule has 0 amide bonds. The van der Waals surface area contributed by atoms with Gasteiger partial charge in [0.25, 0.3) is 0 Å². The van der Waals surface area contributed by atoms with Crippen molar-refractivity contribution >= 4 is 23.0 Å². The van der Waals surface area contributed by atoms with Crippen molar-refractivity contribution in [1.29, 1.82) is 0 Å². The van der Waals surface area contributed by atoms with Crippen LogP contribution in [-0.4, -0.2) is 73.9 Å². The molecule has 12 heteroatoms. The third-order valence-corrected chi connectivity index (χ3v) is 6.57. The van der Waals surface area contributed by atoms with E-state index in [0.29, 0.717) is 11.1 Å². The zero-order valence-corrected chi connectivity index (χ0v) is 21.7. The number of hydrogen-bond donors (Lipinski definition) is 6. The Morgan fingerprint density at radius 2 is 1.64 bits per heavy atom. The molecule has 1 aliphatic rings. The number of rotatable bonds is 7. The fraction of sp³-hybridized carbons (Fsp3) is 0.200. The first-order chi connectivity index (χ1) is 20.2. The molecule has 42 heavy (non-hydrogen) atoms. The van der Waals surface area contributed by atoms with Crippen molar-refractivity contribution in [2.75, 3.05) is 6.61 Å². The minimum Gasteiger partial charge on any atom is -0.508 e. The molecule has 0 saturated carbocycles. The van der Waals surface area contributed by atoms with Gasteiger partial charge < -0.3 is 49.3 Å². The molecule has 12 nitrogen and oxygen atoms in total. The zero-order valence-electron chi connectivity index (χ0n) is 21.7. The van der Waals surface area contributed by atoms with Gasteiger partial charge in [0.2, 0.25) is 17.5 Å². The molecule has 0 bridgehead atoms. The molecule has 0 unspecified atom stereocenters. The quantitative estimate of drug-likeness (QED) is 0.138. The SMILES string of the molecule is O=C(/C=C/c1ccc(O)cc1)O[C@H]1[C@@H](O)[C@@H](CO)O[C@@H](Oc2c(-c3ccccc3)oc3cc(O)cc(O)c3c2=O)[C@@H]1O. The zero-order chi connectivity index (χ0) is 30.0. The number of hydrogen-bond acceptors (Lipinski definition) is 12. The standard InChI is InChI=1S/C30H26O12/c31-14-21-24(36)28(41-22(35)11-8-15-6-9-17(32)10-7-15)26(38)30(40-21)42-29-25(37)23-19(34)12-18(33)13-20(23)39-27(29)16-4-2-1-3-5-16/h1-13,21,24,26,28,30-34,36,38H,14H2/b11-8+/t21-,24+,26-,28+,30+/m1/s1. The fourth-order valence-corrected chi connectivity index (χ4v) is 4.48. The maximum Gasteiger partial charge on any atom is 0.331 e. The van der Waals surface area contributed by atoms with Crippen molar-refractivity contribution in [3.63, 3.8) is 0 Å². The van der Waals surface area contributed by atoms with E-state index in [-0.39, 0.29) is 28.2 Å². The highest BCUT2D eigenvalue weighted by molar-refractivity contribution is 5.88. The number of phenolic OH excluding ortho intramolecular Hbond substituents is 3. The van der Waals surface area contributed by atoms with Crippen LogP contribution in [0, 0.1) is 0 Å². The van der Waals surface area contributed by atoms with Gasteiger partial charge in [0.1, 0.15) is 40.4 Å². The first kappa shape index (κ1) is 28.6. The molecule has 2 heterocycles. The van der Waals surface area contributed by atoms with E-state index in [0.717, 1.165) is 18.2 Å². The Balaban J connectivity index is 1.48. The number of aliphatic hydroxyl groups excluding tert-OH is 3. The topological polar surface area (TPSA) is 196 Å². The molecule has 5 atom stereocenters. The van der Waals surface area contributed by atoms with Crippen LogP contribution in [0.25, 0.3) is 28.4 Å². The molecule has 1 aliphatic heterocycles. The third kappa shape index (κ3) is 5.78. The number of fused-ring (bicyclic) bond motifs is 1. The molecule has 1 aromatic heterocycles. The summed E-state index contributed by atoms with van der Waals surface area (Å²) in [4.78, 5) is 26.1. The van der Waals surface area contributed by atoms with E-state index < -0.39 is 60.2 Å². The second-order valence-electron chi connectivity index (χ2n) is 9.44. The molecule has 1 fully saturated rings. The predicted octanol–water partition coefficient (Wildman–Crippen LogP) is 2.02. The van der Waals surface area contributed by atoms with E-state index in [4.69, 9.17) is 18.6 Å². The average molecular weight is 579 g/mol. The van der Waals surface area contributed by atoms with Gasteiger partial charge in [0, 0.05) is 23.8 Å². The van der Waals surface area contributed by atoms with Gasteiger partial charge in [-0.05, 0) is 23.8 Å². The van der Waals surface area contributed by atoms with Crippen molar-refractivity contribution in [2.24, 2.45) is 0 Å². The van der Waals surface area contributed by atoms with Crippen LogP contribution >= 0.6 is 0 Å². The second kappa shape index (κ2) is 11.9. The minimum absolute atomic E-state index is 0.0356. The number of aromatic hydroxyl groups is 3. The summed E-state index contributed by atoms with van der Waals surface area (Å²) in [6.45, 7) is -0.761. The van der Waals surface area contributed by atoms with E-state index in [1.54, 1.807) is 42.5 Å². The van der Waals surface area contributed by atoms with Gasteiger partial charge in [-0.25, -0.2) is 4.79 Å². The first-order valence-corrected chi connectivity index (χ1v) is 12.7. The number of carbonyl (C=O) groups excluding carboxylic acids is 1. The van der Waals surface area contributed by atoms with Crippen molar-refractivity contribution in [2.45, 2.75) is 30.7 Å². The Morgan fingerprint density at radius 1 is 0.929 bits per heavy atom. The lowest BCUT2D eigenvalue weighted by molar-refractivity contribution is -0.280. The van der Waals surface area contributed by atoms with E-state index in [1.165, 1.54) is 18.2 Å². The highest BCUT2D eigenvalue weighted by Gasteiger charge is 2.48. The van der Waals surface area contributed by atoms with E-state index in [1.807, 2.05) is 0 Å². The van der Waals surface area contributed by atoms with Crippen molar-refractivity contribution in [3.8, 4) is 34.3 Å². The van der Waals surface area contributed by atoms with Crippen molar-refractivity contribution in [1.82, 2.24) is 0 Å². The highest BCUT2D eigenvalue weighted by atomic mass is 16.7. The number of esters is 1. The smallest absolute Gasteiger partial charge is 0.331 e. The maximum atomic E-state index is 13.6. The van der Waals surface area contributed by atoms with Crippen LogP contribution < -0.4 is 10.2 Å². The van der Waals surface area contributed by atoms with E-state index in [2.05, 4.69) is 0 Å². The summed E-state index contributed by atoms with van der Waals surface area (Å²) in [7, 11) is 0. The van der Waals surface area contributed by atoms with Gasteiger partial charge in [-0.2, -0.15) is 0 Å². The average Bonchev–Trinajstić information content (AvgIpc) is 2.97. The van der Waals surface area contributed by atoms with Gasteiger partial charge in [-0.1, -0.05) is 42.5 Å². The number of benzene rings is 3. The Kier molecular flexibility index (Phi) is 8.13.